The molecule has 116 valence electrons. The van der Waals surface area contributed by atoms with Gasteiger partial charge in [-0.2, -0.15) is 0 Å². The predicted octanol–water partition coefficient (Wildman–Crippen LogP) is 2.18. The van der Waals surface area contributed by atoms with Crippen LogP contribution in [0.3, 0.4) is 0 Å². The molecule has 4 nitrogen and oxygen atoms in total. The van der Waals surface area contributed by atoms with Gasteiger partial charge in [0, 0.05) is 19.1 Å². The maximum absolute atomic E-state index is 12.5. The average molecular weight is 290 g/mol. The van der Waals surface area contributed by atoms with Crippen molar-refractivity contribution in [2.45, 2.75) is 45.9 Å². The van der Waals surface area contributed by atoms with Gasteiger partial charge in [-0.25, -0.2) is 0 Å². The maximum Gasteiger partial charge on any atom is 0.251 e. The van der Waals surface area contributed by atoms with Crippen LogP contribution in [-0.4, -0.2) is 36.0 Å². The Morgan fingerprint density at radius 1 is 1.43 bits per heavy atom. The summed E-state index contributed by atoms with van der Waals surface area (Å²) in [7, 11) is 0. The first-order valence-electron chi connectivity index (χ1n) is 7.60. The summed E-state index contributed by atoms with van der Waals surface area (Å²) in [5, 5.41) is 0. The molecule has 1 amide bonds. The highest BCUT2D eigenvalue weighted by Gasteiger charge is 2.36. The van der Waals surface area contributed by atoms with Gasteiger partial charge in [-0.15, -0.1) is 0 Å². The quantitative estimate of drug-likeness (QED) is 0.924. The standard InChI is InChI=1S/C17H26N2O2/c1-13(21-11-14-7-5-4-6-8-14)16(20)19-10-9-15(18)17(2,3)12-19/h4-8,13,15H,9-12,18H2,1-3H3. The number of rotatable bonds is 4. The predicted molar refractivity (Wildman–Crippen MR) is 83.6 cm³/mol. The van der Waals surface area contributed by atoms with Gasteiger partial charge in [-0.1, -0.05) is 44.2 Å². The number of nitrogens with zero attached hydrogens (tertiary/aromatic N) is 1. The van der Waals surface area contributed by atoms with E-state index in [1.807, 2.05) is 42.2 Å². The molecular weight excluding hydrogens is 264 g/mol. The number of carbonyl (C=O) groups is 1. The van der Waals surface area contributed by atoms with E-state index in [2.05, 4.69) is 13.8 Å². The second-order valence-corrected chi connectivity index (χ2v) is 6.58. The van der Waals surface area contributed by atoms with Gasteiger partial charge in [0.25, 0.3) is 5.91 Å². The summed E-state index contributed by atoms with van der Waals surface area (Å²) in [6.45, 7) is 7.95. The molecule has 1 aromatic rings. The van der Waals surface area contributed by atoms with Crippen molar-refractivity contribution in [2.75, 3.05) is 13.1 Å². The third-order valence-corrected chi connectivity index (χ3v) is 4.31. The number of hydrogen-bond acceptors (Lipinski definition) is 3. The molecule has 4 heteroatoms. The first-order valence-corrected chi connectivity index (χ1v) is 7.60. The summed E-state index contributed by atoms with van der Waals surface area (Å²) in [5.74, 6) is 0.0610. The van der Waals surface area contributed by atoms with Crippen LogP contribution in [0.15, 0.2) is 30.3 Å². The van der Waals surface area contributed by atoms with Crippen LogP contribution >= 0.6 is 0 Å². The van der Waals surface area contributed by atoms with E-state index >= 15 is 0 Å². The number of hydrogen-bond donors (Lipinski definition) is 1. The Morgan fingerprint density at radius 2 is 2.10 bits per heavy atom. The number of piperidine rings is 1. The summed E-state index contributed by atoms with van der Waals surface area (Å²) >= 11 is 0. The zero-order valence-corrected chi connectivity index (χ0v) is 13.2. The van der Waals surface area contributed by atoms with E-state index in [0.717, 1.165) is 18.5 Å². The molecule has 0 radical (unpaired) electrons. The number of benzene rings is 1. The van der Waals surface area contributed by atoms with Crippen molar-refractivity contribution in [3.8, 4) is 0 Å². The molecule has 0 aromatic heterocycles. The number of amides is 1. The van der Waals surface area contributed by atoms with Crippen LogP contribution in [0.2, 0.25) is 0 Å². The van der Waals surface area contributed by atoms with Gasteiger partial charge in [-0.05, 0) is 24.3 Å². The van der Waals surface area contributed by atoms with Crippen molar-refractivity contribution in [2.24, 2.45) is 11.1 Å². The molecule has 2 rings (SSSR count). The fourth-order valence-electron chi connectivity index (χ4n) is 2.69. The highest BCUT2D eigenvalue weighted by molar-refractivity contribution is 5.80. The minimum absolute atomic E-state index is 0.0347. The molecule has 2 atom stereocenters. The largest absolute Gasteiger partial charge is 0.364 e. The Hall–Kier alpha value is -1.39. The van der Waals surface area contributed by atoms with Gasteiger partial charge in [0.2, 0.25) is 0 Å². The van der Waals surface area contributed by atoms with Crippen LogP contribution < -0.4 is 5.73 Å². The summed E-state index contributed by atoms with van der Waals surface area (Å²) in [5.41, 5.74) is 7.16. The molecule has 0 bridgehead atoms. The molecule has 0 aliphatic carbocycles. The number of ether oxygens (including phenoxy) is 1. The monoisotopic (exact) mass is 290 g/mol. The maximum atomic E-state index is 12.5. The molecule has 1 aliphatic heterocycles. The first-order chi connectivity index (χ1) is 9.90. The summed E-state index contributed by atoms with van der Waals surface area (Å²) < 4.78 is 5.72. The minimum atomic E-state index is -0.421. The lowest BCUT2D eigenvalue weighted by molar-refractivity contribution is -0.146. The fourth-order valence-corrected chi connectivity index (χ4v) is 2.69. The molecule has 1 aromatic carbocycles. The molecule has 2 unspecified atom stereocenters. The smallest absolute Gasteiger partial charge is 0.251 e. The van der Waals surface area contributed by atoms with Crippen molar-refractivity contribution in [3.63, 3.8) is 0 Å². The molecule has 2 N–H and O–H groups in total. The summed E-state index contributed by atoms with van der Waals surface area (Å²) in [6, 6.07) is 10.1. The molecule has 1 aliphatic rings. The topological polar surface area (TPSA) is 55.6 Å². The van der Waals surface area contributed by atoms with E-state index in [1.54, 1.807) is 0 Å². The van der Waals surface area contributed by atoms with Gasteiger partial charge in [-0.3, -0.25) is 4.79 Å². The van der Waals surface area contributed by atoms with Gasteiger partial charge in [0.1, 0.15) is 6.10 Å². The fraction of sp³-hybridized carbons (Fsp3) is 0.588. The second kappa shape index (κ2) is 6.58. The Morgan fingerprint density at radius 3 is 2.71 bits per heavy atom. The molecule has 1 fully saturated rings. The second-order valence-electron chi connectivity index (χ2n) is 6.58. The van der Waals surface area contributed by atoms with E-state index < -0.39 is 6.10 Å². The molecule has 0 saturated carbocycles. The van der Waals surface area contributed by atoms with Crippen LogP contribution in [-0.2, 0) is 16.1 Å². The van der Waals surface area contributed by atoms with E-state index in [9.17, 15) is 4.79 Å². The number of carbonyl (C=O) groups excluding carboxylic acids is 1. The lowest BCUT2D eigenvalue weighted by Crippen LogP contribution is -2.55. The van der Waals surface area contributed by atoms with Crippen LogP contribution in [0.4, 0.5) is 0 Å². The lowest BCUT2D eigenvalue weighted by atomic mass is 9.79. The summed E-state index contributed by atoms with van der Waals surface area (Å²) in [4.78, 5) is 14.4. The van der Waals surface area contributed by atoms with E-state index in [0.29, 0.717) is 13.2 Å². The molecular formula is C17H26N2O2. The normalized spacial score (nSPS) is 22.9. The third kappa shape index (κ3) is 4.05. The van der Waals surface area contributed by atoms with Crippen molar-refractivity contribution in [1.82, 2.24) is 4.90 Å². The van der Waals surface area contributed by atoms with Crippen molar-refractivity contribution >= 4 is 5.91 Å². The zero-order chi connectivity index (χ0) is 15.5. The van der Waals surface area contributed by atoms with Crippen LogP contribution in [0.1, 0.15) is 32.8 Å². The van der Waals surface area contributed by atoms with Crippen molar-refractivity contribution < 1.29 is 9.53 Å². The minimum Gasteiger partial charge on any atom is -0.364 e. The lowest BCUT2D eigenvalue weighted by Gasteiger charge is -2.43. The third-order valence-electron chi connectivity index (χ3n) is 4.31. The highest BCUT2D eigenvalue weighted by atomic mass is 16.5. The molecule has 1 heterocycles. The zero-order valence-electron chi connectivity index (χ0n) is 13.2. The van der Waals surface area contributed by atoms with Gasteiger partial charge >= 0.3 is 0 Å². The van der Waals surface area contributed by atoms with Crippen molar-refractivity contribution in [1.29, 1.82) is 0 Å². The van der Waals surface area contributed by atoms with Gasteiger partial charge < -0.3 is 15.4 Å². The SMILES string of the molecule is CC(OCc1ccccc1)C(=O)N1CCC(N)C(C)(C)C1. The van der Waals surface area contributed by atoms with Gasteiger partial charge in [0.15, 0.2) is 0 Å². The summed E-state index contributed by atoms with van der Waals surface area (Å²) in [6.07, 6.45) is 0.430. The van der Waals surface area contributed by atoms with Gasteiger partial charge in [0.05, 0.1) is 6.61 Å². The Balaban J connectivity index is 1.88. The molecule has 21 heavy (non-hydrogen) atoms. The molecule has 0 spiro atoms. The van der Waals surface area contributed by atoms with Crippen LogP contribution in [0.25, 0.3) is 0 Å². The van der Waals surface area contributed by atoms with Crippen LogP contribution in [0, 0.1) is 5.41 Å². The Kier molecular flexibility index (Phi) is 5.01. The van der Waals surface area contributed by atoms with Crippen LogP contribution in [0.5, 0.6) is 0 Å². The molecule has 1 saturated heterocycles. The van der Waals surface area contributed by atoms with Crippen molar-refractivity contribution in [3.05, 3.63) is 35.9 Å². The Bertz CT molecular complexity index is 473. The number of likely N-dealkylation sites (tertiary alicyclic amines) is 1. The Labute approximate surface area is 127 Å². The highest BCUT2D eigenvalue weighted by Crippen LogP contribution is 2.28. The average Bonchev–Trinajstić information content (AvgIpc) is 2.48. The van der Waals surface area contributed by atoms with E-state index in [4.69, 9.17) is 10.5 Å². The van der Waals surface area contributed by atoms with E-state index in [-0.39, 0.29) is 17.4 Å². The first kappa shape index (κ1) is 16.0. The number of nitrogens with two attached hydrogens (primary N) is 1. The van der Waals surface area contributed by atoms with E-state index in [1.165, 1.54) is 0 Å².